The van der Waals surface area contributed by atoms with E-state index >= 15 is 0 Å². The quantitative estimate of drug-likeness (QED) is 0.0401. The van der Waals surface area contributed by atoms with Crippen molar-refractivity contribution in [1.82, 2.24) is 10.2 Å². The summed E-state index contributed by atoms with van der Waals surface area (Å²) in [4.78, 5) is 26.8. The van der Waals surface area contributed by atoms with Crippen LogP contribution in [0.2, 0.25) is 0 Å². The van der Waals surface area contributed by atoms with Gasteiger partial charge in [-0.05, 0) is 44.7 Å². The van der Waals surface area contributed by atoms with Gasteiger partial charge < -0.3 is 14.4 Å². The van der Waals surface area contributed by atoms with E-state index in [1.54, 1.807) is 12.1 Å². The summed E-state index contributed by atoms with van der Waals surface area (Å²) in [5.41, 5.74) is 0.928. The Hall–Kier alpha value is -1.97. The maximum atomic E-state index is 12.5. The molecule has 0 aromatic heterocycles. The molecule has 1 aromatic rings. The molecule has 9 heteroatoms. The number of likely N-dealkylation sites (tertiary alicyclic amines) is 1. The van der Waals surface area contributed by atoms with E-state index in [1.807, 2.05) is 6.92 Å². The molecule has 1 unspecified atom stereocenters. The first kappa shape index (κ1) is 57.0. The molecular formula is C52H97N3O5S. The lowest BCUT2D eigenvalue weighted by Gasteiger charge is -2.38. The highest BCUT2D eigenvalue weighted by Gasteiger charge is 2.30. The summed E-state index contributed by atoms with van der Waals surface area (Å²) >= 11 is 0. The van der Waals surface area contributed by atoms with Gasteiger partial charge in [-0.3, -0.25) is 14.5 Å². The number of amides is 2. The number of hydrogen-bond donors (Lipinski definition) is 1. The monoisotopic (exact) mass is 876 g/mol. The summed E-state index contributed by atoms with van der Waals surface area (Å²) in [5.74, 6) is 0.555. The van der Waals surface area contributed by atoms with Gasteiger partial charge in [-0.25, -0.2) is 8.42 Å². The molecule has 1 atom stereocenters. The number of carbonyl (C=O) groups is 2. The standard InChI is InChI=1S/C45H89N3O2.C7H8O3S/c1-4-6-8-10-12-14-16-18-20-22-24-26-28-30-32-34-41-48(3,43-47-40-35-38-45(47)50)42-36-39-46-44(49)37-33-31-29-27-25-23-21-19-17-15-13-11-9-7-5-2;1-6-2-4-7(5-3-6)11(8,9)10/h4-43H2,1-3H3;2-5H,1H3,(H,8,9,10). The molecule has 1 fully saturated rings. The average molecular weight is 876 g/mol. The molecule has 0 saturated carbocycles. The Kier molecular flexibility index (Phi) is 36.0. The van der Waals surface area contributed by atoms with Crippen LogP contribution < -0.4 is 5.32 Å². The van der Waals surface area contributed by atoms with Crippen LogP contribution in [0.3, 0.4) is 0 Å². The van der Waals surface area contributed by atoms with Crippen molar-refractivity contribution in [2.75, 3.05) is 39.9 Å². The van der Waals surface area contributed by atoms with Crippen molar-refractivity contribution in [3.05, 3.63) is 29.8 Å². The third-order valence-corrected chi connectivity index (χ3v) is 13.6. The van der Waals surface area contributed by atoms with Gasteiger partial charge in [0.1, 0.15) is 10.1 Å². The number of aryl methyl sites for hydroxylation is 1. The molecule has 8 nitrogen and oxygen atoms in total. The molecule has 1 aliphatic rings. The summed E-state index contributed by atoms with van der Waals surface area (Å²) in [6.07, 6.45) is 46.0. The van der Waals surface area contributed by atoms with Crippen LogP contribution in [0.4, 0.5) is 0 Å². The third-order valence-electron chi connectivity index (χ3n) is 12.7. The van der Waals surface area contributed by atoms with Gasteiger partial charge in [-0.1, -0.05) is 211 Å². The van der Waals surface area contributed by atoms with E-state index in [9.17, 15) is 22.6 Å². The van der Waals surface area contributed by atoms with E-state index in [0.717, 1.165) is 62.2 Å². The number of quaternary nitrogens is 1. The predicted molar refractivity (Wildman–Crippen MR) is 258 cm³/mol. The zero-order chi connectivity index (χ0) is 44.7. The van der Waals surface area contributed by atoms with Gasteiger partial charge in [0.05, 0.1) is 25.0 Å². The minimum Gasteiger partial charge on any atom is -0.744 e. The lowest BCUT2D eigenvalue weighted by molar-refractivity contribution is -0.918. The van der Waals surface area contributed by atoms with Gasteiger partial charge in [0.15, 0.2) is 6.67 Å². The first-order chi connectivity index (χ1) is 29.5. The minimum atomic E-state index is -4.27. The molecule has 2 rings (SSSR count). The summed E-state index contributed by atoms with van der Waals surface area (Å²) in [5, 5.41) is 3.20. The lowest BCUT2D eigenvalue weighted by Crippen LogP contribution is -2.53. The molecule has 61 heavy (non-hydrogen) atoms. The number of carbonyl (C=O) groups excluding carboxylic acids is 2. The molecule has 0 radical (unpaired) electrons. The number of hydrogen-bond acceptors (Lipinski definition) is 5. The maximum Gasteiger partial charge on any atom is 0.226 e. The Bertz CT molecular complexity index is 1290. The van der Waals surface area contributed by atoms with Crippen molar-refractivity contribution in [3.63, 3.8) is 0 Å². The van der Waals surface area contributed by atoms with Crippen molar-refractivity contribution in [2.45, 2.75) is 250 Å². The van der Waals surface area contributed by atoms with E-state index in [1.165, 1.54) is 205 Å². The molecule has 0 spiro atoms. The van der Waals surface area contributed by atoms with Crippen molar-refractivity contribution >= 4 is 21.9 Å². The highest BCUT2D eigenvalue weighted by Crippen LogP contribution is 2.19. The molecule has 0 bridgehead atoms. The van der Waals surface area contributed by atoms with Gasteiger partial charge in [0.25, 0.3) is 0 Å². The molecule has 0 aliphatic carbocycles. The summed E-state index contributed by atoms with van der Waals surface area (Å²) in [7, 11) is -1.93. The van der Waals surface area contributed by atoms with Crippen LogP contribution in [0.1, 0.15) is 244 Å². The normalized spacial score (nSPS) is 13.9. The van der Waals surface area contributed by atoms with E-state index < -0.39 is 10.1 Å². The molecule has 2 amide bonds. The van der Waals surface area contributed by atoms with Crippen LogP contribution in [-0.2, 0) is 19.7 Å². The topological polar surface area (TPSA) is 107 Å². The van der Waals surface area contributed by atoms with Gasteiger partial charge in [0.2, 0.25) is 11.8 Å². The van der Waals surface area contributed by atoms with Crippen LogP contribution in [0.5, 0.6) is 0 Å². The van der Waals surface area contributed by atoms with Crippen LogP contribution in [0.15, 0.2) is 29.2 Å². The van der Waals surface area contributed by atoms with E-state index in [2.05, 4.69) is 31.1 Å². The van der Waals surface area contributed by atoms with Crippen LogP contribution in [0, 0.1) is 6.92 Å². The molecule has 1 heterocycles. The molecular weight excluding hydrogens is 779 g/mol. The zero-order valence-electron chi connectivity index (χ0n) is 40.4. The smallest absolute Gasteiger partial charge is 0.226 e. The fourth-order valence-electron chi connectivity index (χ4n) is 8.70. The molecule has 1 saturated heterocycles. The summed E-state index contributed by atoms with van der Waals surface area (Å²) in [6.45, 7) is 11.1. The lowest BCUT2D eigenvalue weighted by atomic mass is 10.0. The van der Waals surface area contributed by atoms with Gasteiger partial charge in [0, 0.05) is 32.4 Å². The second-order valence-corrected chi connectivity index (χ2v) is 20.3. The van der Waals surface area contributed by atoms with Crippen molar-refractivity contribution in [1.29, 1.82) is 0 Å². The van der Waals surface area contributed by atoms with Gasteiger partial charge >= 0.3 is 0 Å². The number of rotatable bonds is 40. The Balaban J connectivity index is 0.00000145. The Labute approximate surface area is 377 Å². The third kappa shape index (κ3) is 34.2. The maximum absolute atomic E-state index is 12.5. The zero-order valence-corrected chi connectivity index (χ0v) is 41.3. The van der Waals surface area contributed by atoms with Crippen LogP contribution >= 0.6 is 0 Å². The first-order valence-corrected chi connectivity index (χ1v) is 27.3. The molecule has 1 aliphatic heterocycles. The predicted octanol–water partition coefficient (Wildman–Crippen LogP) is 13.9. The largest absolute Gasteiger partial charge is 0.744 e. The Morgan fingerprint density at radius 2 is 0.984 bits per heavy atom. The van der Waals surface area contributed by atoms with E-state index in [0.29, 0.717) is 18.7 Å². The summed E-state index contributed by atoms with van der Waals surface area (Å²) in [6, 6.07) is 5.78. The number of nitrogens with zero attached hydrogens (tertiary/aromatic N) is 2. The van der Waals surface area contributed by atoms with Crippen LogP contribution in [-0.4, -0.2) is 74.1 Å². The fraction of sp³-hybridized carbons (Fsp3) is 0.846. The molecule has 1 aromatic carbocycles. The highest BCUT2D eigenvalue weighted by molar-refractivity contribution is 7.85. The van der Waals surface area contributed by atoms with Crippen molar-refractivity contribution in [3.8, 4) is 0 Å². The van der Waals surface area contributed by atoms with Gasteiger partial charge in [-0.2, -0.15) is 0 Å². The minimum absolute atomic E-state index is 0.178. The van der Waals surface area contributed by atoms with Crippen molar-refractivity contribution < 1.29 is 27.0 Å². The van der Waals surface area contributed by atoms with Gasteiger partial charge in [-0.15, -0.1) is 0 Å². The average Bonchev–Trinajstić information content (AvgIpc) is 3.63. The van der Waals surface area contributed by atoms with E-state index in [4.69, 9.17) is 0 Å². The van der Waals surface area contributed by atoms with Crippen molar-refractivity contribution in [2.24, 2.45) is 0 Å². The summed E-state index contributed by atoms with van der Waals surface area (Å²) < 4.78 is 32.1. The van der Waals surface area contributed by atoms with E-state index in [-0.39, 0.29) is 10.8 Å². The Morgan fingerprint density at radius 1 is 0.607 bits per heavy atom. The number of unbranched alkanes of at least 4 members (excludes halogenated alkanes) is 29. The molecule has 1 N–H and O–H groups in total. The SMILES string of the molecule is CCCCCCCCCCCCCCCCCC[N+](C)(CCCNC(=O)CCCCCCCCCCCCCCCCC)CN1CCCC1=O.Cc1ccc(S(=O)(=O)[O-])cc1. The fourth-order valence-corrected chi connectivity index (χ4v) is 9.17. The number of nitrogens with one attached hydrogen (secondary N) is 1. The first-order valence-electron chi connectivity index (χ1n) is 25.9. The second kappa shape index (κ2) is 38.5. The van der Waals surface area contributed by atoms with Crippen LogP contribution in [0.25, 0.3) is 0 Å². The number of benzene rings is 1. The molecule has 356 valence electrons. The highest BCUT2D eigenvalue weighted by atomic mass is 32.2. The second-order valence-electron chi connectivity index (χ2n) is 18.9. The Morgan fingerprint density at radius 3 is 1.36 bits per heavy atom.